The highest BCUT2D eigenvalue weighted by Crippen LogP contribution is 2.09. The molecule has 0 saturated heterocycles. The molecule has 2 amide bonds. The average molecular weight is 392 g/mol. The maximum absolute atomic E-state index is 12.7. The largest absolute Gasteiger partial charge is 0.480 e. The standard InChI is InChI=1S/C21H33N3O4/c1-13(2)10-16(22)19(25)23-17(11-14(3)4)20(26)24-18(21(27)28)12-15-8-6-5-7-9-15/h5-9,13-14,16-18H,10-12,22H2,1-4H3,(H,23,25)(H,24,26)(H,27,28)/t16-,17-,18-/m0/s1. The van der Waals surface area contributed by atoms with Crippen LogP contribution in [0.2, 0.25) is 0 Å². The Kier molecular flexibility index (Phi) is 9.65. The van der Waals surface area contributed by atoms with Crippen LogP contribution in [0.1, 0.15) is 46.1 Å². The SMILES string of the molecule is CC(C)C[C@H](NC(=O)[C@@H](N)CC(C)C)C(=O)N[C@@H](Cc1ccccc1)C(=O)O. The summed E-state index contributed by atoms with van der Waals surface area (Å²) in [6.45, 7) is 7.79. The molecule has 5 N–H and O–H groups in total. The normalized spacial score (nSPS) is 14.4. The van der Waals surface area contributed by atoms with Crippen molar-refractivity contribution in [2.24, 2.45) is 17.6 Å². The molecular weight excluding hydrogens is 358 g/mol. The number of amides is 2. The zero-order chi connectivity index (χ0) is 21.3. The lowest BCUT2D eigenvalue weighted by molar-refractivity contribution is -0.142. The molecule has 3 atom stereocenters. The van der Waals surface area contributed by atoms with E-state index in [1.54, 1.807) is 12.1 Å². The highest BCUT2D eigenvalue weighted by Gasteiger charge is 2.28. The predicted molar refractivity (Wildman–Crippen MR) is 109 cm³/mol. The van der Waals surface area contributed by atoms with Gasteiger partial charge >= 0.3 is 5.97 Å². The molecule has 0 aromatic heterocycles. The van der Waals surface area contributed by atoms with Crippen molar-refractivity contribution in [3.05, 3.63) is 35.9 Å². The Hall–Kier alpha value is -2.41. The zero-order valence-corrected chi connectivity index (χ0v) is 17.1. The van der Waals surface area contributed by atoms with Gasteiger partial charge in [0.25, 0.3) is 0 Å². The van der Waals surface area contributed by atoms with E-state index in [-0.39, 0.29) is 18.3 Å². The van der Waals surface area contributed by atoms with Crippen molar-refractivity contribution >= 4 is 17.8 Å². The Morgan fingerprint density at radius 2 is 1.43 bits per heavy atom. The van der Waals surface area contributed by atoms with Gasteiger partial charge in [0, 0.05) is 6.42 Å². The number of hydrogen-bond donors (Lipinski definition) is 4. The van der Waals surface area contributed by atoms with E-state index in [2.05, 4.69) is 10.6 Å². The van der Waals surface area contributed by atoms with Crippen LogP contribution in [0.25, 0.3) is 0 Å². The third-order valence-corrected chi connectivity index (χ3v) is 4.30. The Morgan fingerprint density at radius 1 is 0.893 bits per heavy atom. The first-order chi connectivity index (χ1) is 13.1. The van der Waals surface area contributed by atoms with Crippen molar-refractivity contribution in [2.45, 2.75) is 65.1 Å². The molecule has 1 aromatic rings. The molecule has 7 nitrogen and oxygen atoms in total. The van der Waals surface area contributed by atoms with Gasteiger partial charge in [0.15, 0.2) is 0 Å². The fourth-order valence-corrected chi connectivity index (χ4v) is 2.92. The monoisotopic (exact) mass is 391 g/mol. The first-order valence-corrected chi connectivity index (χ1v) is 9.73. The van der Waals surface area contributed by atoms with Gasteiger partial charge in [0.05, 0.1) is 6.04 Å². The predicted octanol–water partition coefficient (Wildman–Crippen LogP) is 1.70. The van der Waals surface area contributed by atoms with Gasteiger partial charge in [0.1, 0.15) is 12.1 Å². The maximum Gasteiger partial charge on any atom is 0.326 e. The number of carbonyl (C=O) groups is 3. The molecule has 0 spiro atoms. The average Bonchev–Trinajstić information content (AvgIpc) is 2.60. The van der Waals surface area contributed by atoms with E-state index >= 15 is 0 Å². The molecule has 156 valence electrons. The number of carboxylic acid groups (broad SMARTS) is 1. The quantitative estimate of drug-likeness (QED) is 0.457. The summed E-state index contributed by atoms with van der Waals surface area (Å²) in [6.07, 6.45) is 1.06. The molecule has 0 fully saturated rings. The summed E-state index contributed by atoms with van der Waals surface area (Å²) in [7, 11) is 0. The second kappa shape index (κ2) is 11.4. The molecule has 0 radical (unpaired) electrons. The number of nitrogens with two attached hydrogens (primary N) is 1. The topological polar surface area (TPSA) is 122 Å². The van der Waals surface area contributed by atoms with Crippen LogP contribution in [-0.4, -0.2) is 41.0 Å². The first-order valence-electron chi connectivity index (χ1n) is 9.73. The summed E-state index contributed by atoms with van der Waals surface area (Å²) in [6, 6.07) is 6.46. The summed E-state index contributed by atoms with van der Waals surface area (Å²) in [5.41, 5.74) is 6.72. The number of carboxylic acids is 1. The Labute approximate surface area is 167 Å². The molecule has 0 bridgehead atoms. The number of nitrogens with one attached hydrogen (secondary N) is 2. The van der Waals surface area contributed by atoms with Crippen LogP contribution in [0.5, 0.6) is 0 Å². The van der Waals surface area contributed by atoms with Crippen LogP contribution in [0.4, 0.5) is 0 Å². The van der Waals surface area contributed by atoms with Gasteiger partial charge in [-0.2, -0.15) is 0 Å². The number of hydrogen-bond acceptors (Lipinski definition) is 4. The van der Waals surface area contributed by atoms with Crippen molar-refractivity contribution < 1.29 is 19.5 Å². The van der Waals surface area contributed by atoms with Crippen LogP contribution in [0.3, 0.4) is 0 Å². The molecular formula is C21H33N3O4. The van der Waals surface area contributed by atoms with Crippen LogP contribution >= 0.6 is 0 Å². The van der Waals surface area contributed by atoms with Crippen LogP contribution < -0.4 is 16.4 Å². The lowest BCUT2D eigenvalue weighted by Gasteiger charge is -2.24. The number of rotatable bonds is 11. The number of benzene rings is 1. The second-order valence-electron chi connectivity index (χ2n) is 8.02. The molecule has 0 aliphatic rings. The minimum Gasteiger partial charge on any atom is -0.480 e. The third-order valence-electron chi connectivity index (χ3n) is 4.30. The van der Waals surface area contributed by atoms with Crippen molar-refractivity contribution in [3.8, 4) is 0 Å². The molecule has 0 aliphatic heterocycles. The van der Waals surface area contributed by atoms with E-state index in [4.69, 9.17) is 5.73 Å². The van der Waals surface area contributed by atoms with E-state index < -0.39 is 35.9 Å². The summed E-state index contributed by atoms with van der Waals surface area (Å²) in [5, 5.41) is 14.7. The molecule has 0 heterocycles. The highest BCUT2D eigenvalue weighted by molar-refractivity contribution is 5.91. The van der Waals surface area contributed by atoms with Crippen molar-refractivity contribution in [1.29, 1.82) is 0 Å². The fraction of sp³-hybridized carbons (Fsp3) is 0.571. The molecule has 0 saturated carbocycles. The van der Waals surface area contributed by atoms with Gasteiger partial charge in [-0.3, -0.25) is 9.59 Å². The van der Waals surface area contributed by atoms with Crippen LogP contribution in [0, 0.1) is 11.8 Å². The van der Waals surface area contributed by atoms with Gasteiger partial charge in [-0.15, -0.1) is 0 Å². The maximum atomic E-state index is 12.7. The van der Waals surface area contributed by atoms with E-state index in [9.17, 15) is 19.5 Å². The minimum absolute atomic E-state index is 0.134. The van der Waals surface area contributed by atoms with Gasteiger partial charge in [0.2, 0.25) is 11.8 Å². The molecule has 7 heteroatoms. The van der Waals surface area contributed by atoms with Crippen molar-refractivity contribution in [3.63, 3.8) is 0 Å². The number of carbonyl (C=O) groups excluding carboxylic acids is 2. The van der Waals surface area contributed by atoms with Gasteiger partial charge in [-0.05, 0) is 30.2 Å². The lowest BCUT2D eigenvalue weighted by Crippen LogP contribution is -2.55. The zero-order valence-electron chi connectivity index (χ0n) is 17.1. The second-order valence-corrected chi connectivity index (χ2v) is 8.02. The summed E-state index contributed by atoms with van der Waals surface area (Å²) < 4.78 is 0. The van der Waals surface area contributed by atoms with E-state index in [1.165, 1.54) is 0 Å². The molecule has 0 aliphatic carbocycles. The van der Waals surface area contributed by atoms with E-state index in [1.807, 2.05) is 45.9 Å². The van der Waals surface area contributed by atoms with E-state index in [0.29, 0.717) is 12.8 Å². The first kappa shape index (κ1) is 23.6. The van der Waals surface area contributed by atoms with Crippen LogP contribution in [-0.2, 0) is 20.8 Å². The summed E-state index contributed by atoms with van der Waals surface area (Å²) in [5.74, 6) is -1.65. The molecule has 0 unspecified atom stereocenters. The molecule has 28 heavy (non-hydrogen) atoms. The smallest absolute Gasteiger partial charge is 0.326 e. The molecule has 1 rings (SSSR count). The fourth-order valence-electron chi connectivity index (χ4n) is 2.92. The number of aliphatic carboxylic acids is 1. The third kappa shape index (κ3) is 8.52. The minimum atomic E-state index is -1.12. The van der Waals surface area contributed by atoms with Gasteiger partial charge in [-0.25, -0.2) is 4.79 Å². The summed E-state index contributed by atoms with van der Waals surface area (Å²) >= 11 is 0. The Bertz CT molecular complexity index is 646. The van der Waals surface area contributed by atoms with Gasteiger partial charge < -0.3 is 21.5 Å². The van der Waals surface area contributed by atoms with Crippen LogP contribution in [0.15, 0.2) is 30.3 Å². The Balaban J connectivity index is 2.83. The highest BCUT2D eigenvalue weighted by atomic mass is 16.4. The summed E-state index contributed by atoms with van der Waals surface area (Å²) in [4.78, 5) is 36.7. The lowest BCUT2D eigenvalue weighted by atomic mass is 10.00. The van der Waals surface area contributed by atoms with E-state index in [0.717, 1.165) is 5.56 Å². The van der Waals surface area contributed by atoms with Gasteiger partial charge in [-0.1, -0.05) is 58.0 Å². The Morgan fingerprint density at radius 3 is 1.93 bits per heavy atom. The molecule has 1 aromatic carbocycles. The van der Waals surface area contributed by atoms with Crippen molar-refractivity contribution in [1.82, 2.24) is 10.6 Å². The van der Waals surface area contributed by atoms with Crippen molar-refractivity contribution in [2.75, 3.05) is 0 Å².